The number of amides is 2. The highest BCUT2D eigenvalue weighted by Gasteiger charge is 2.24. The molecule has 1 unspecified atom stereocenters. The summed E-state index contributed by atoms with van der Waals surface area (Å²) in [5, 5.41) is 5.49. The average molecular weight is 371 g/mol. The van der Waals surface area contributed by atoms with Crippen LogP contribution < -0.4 is 15.4 Å². The van der Waals surface area contributed by atoms with Gasteiger partial charge < -0.3 is 19.8 Å². The van der Waals surface area contributed by atoms with E-state index in [9.17, 15) is 9.59 Å². The van der Waals surface area contributed by atoms with Gasteiger partial charge in [-0.2, -0.15) is 0 Å². The fraction of sp³-hybridized carbons (Fsp3) is 0.400. The Morgan fingerprint density at radius 3 is 2.52 bits per heavy atom. The maximum Gasteiger partial charge on any atom is 0.287 e. The molecule has 2 aromatic rings. The van der Waals surface area contributed by atoms with Gasteiger partial charge in [0, 0.05) is 6.54 Å². The molecule has 7 heteroatoms. The maximum absolute atomic E-state index is 12.2. The highest BCUT2D eigenvalue weighted by Crippen LogP contribution is 2.26. The summed E-state index contributed by atoms with van der Waals surface area (Å²) >= 11 is 0. The Hall–Kier alpha value is -2.80. The van der Waals surface area contributed by atoms with Crippen LogP contribution in [-0.2, 0) is 4.79 Å². The number of nitrogens with one attached hydrogen (secondary N) is 2. The van der Waals surface area contributed by atoms with Crippen molar-refractivity contribution in [2.45, 2.75) is 18.9 Å². The van der Waals surface area contributed by atoms with Gasteiger partial charge in [0.2, 0.25) is 5.91 Å². The predicted molar refractivity (Wildman–Crippen MR) is 101 cm³/mol. The highest BCUT2D eigenvalue weighted by molar-refractivity contribution is 5.94. The van der Waals surface area contributed by atoms with Gasteiger partial charge in [0.1, 0.15) is 5.75 Å². The summed E-state index contributed by atoms with van der Waals surface area (Å²) in [5.74, 6) is 0.369. The molecule has 7 nitrogen and oxygen atoms in total. The Labute approximate surface area is 158 Å². The van der Waals surface area contributed by atoms with Crippen LogP contribution in [0.25, 0.3) is 0 Å². The molecule has 0 aliphatic carbocycles. The third-order valence-corrected chi connectivity index (χ3v) is 4.73. The third kappa shape index (κ3) is 5.10. The first-order valence-electron chi connectivity index (χ1n) is 9.14. The Kier molecular flexibility index (Phi) is 6.49. The second kappa shape index (κ2) is 9.23. The number of rotatable bonds is 8. The number of ether oxygens (including phenoxy) is 1. The molecule has 2 heterocycles. The molecule has 1 atom stereocenters. The quantitative estimate of drug-likeness (QED) is 0.741. The molecule has 0 saturated carbocycles. The molecule has 3 rings (SSSR count). The van der Waals surface area contributed by atoms with Gasteiger partial charge in [-0.25, -0.2) is 0 Å². The van der Waals surface area contributed by atoms with Crippen molar-refractivity contribution in [1.29, 1.82) is 0 Å². The second-order valence-corrected chi connectivity index (χ2v) is 6.50. The third-order valence-electron chi connectivity index (χ3n) is 4.73. The molecule has 1 fully saturated rings. The van der Waals surface area contributed by atoms with Crippen LogP contribution in [0.3, 0.4) is 0 Å². The predicted octanol–water partition coefficient (Wildman–Crippen LogP) is 1.97. The van der Waals surface area contributed by atoms with E-state index < -0.39 is 5.91 Å². The molecule has 1 aromatic heterocycles. The van der Waals surface area contributed by atoms with Crippen molar-refractivity contribution in [3.8, 4) is 5.75 Å². The van der Waals surface area contributed by atoms with Crippen molar-refractivity contribution in [2.24, 2.45) is 0 Å². The minimum atomic E-state index is -0.401. The largest absolute Gasteiger partial charge is 0.497 e. The molecular weight excluding hydrogens is 346 g/mol. The van der Waals surface area contributed by atoms with Crippen LogP contribution in [0.15, 0.2) is 47.1 Å². The Balaban J connectivity index is 1.55. The smallest absolute Gasteiger partial charge is 0.287 e. The number of carbonyl (C=O) groups is 2. The van der Waals surface area contributed by atoms with Gasteiger partial charge in [-0.15, -0.1) is 0 Å². The lowest BCUT2D eigenvalue weighted by molar-refractivity contribution is -0.120. The number of likely N-dealkylation sites (tertiary alicyclic amines) is 1. The fourth-order valence-electron chi connectivity index (χ4n) is 3.27. The number of benzene rings is 1. The average Bonchev–Trinajstić information content (AvgIpc) is 3.41. The molecule has 2 N–H and O–H groups in total. The van der Waals surface area contributed by atoms with Crippen LogP contribution in [-0.4, -0.2) is 50.0 Å². The molecule has 0 spiro atoms. The standard InChI is InChI=1S/C20H25N3O4/c1-26-16-8-6-15(7-9-16)17(23-10-2-3-11-23)13-21-19(24)14-22-20(25)18-5-4-12-27-18/h4-9,12,17H,2-3,10-11,13-14H2,1H3,(H,21,24)(H,22,25). The van der Waals surface area contributed by atoms with Gasteiger partial charge in [-0.1, -0.05) is 12.1 Å². The Morgan fingerprint density at radius 2 is 1.89 bits per heavy atom. The lowest BCUT2D eigenvalue weighted by Gasteiger charge is -2.28. The number of furan rings is 1. The molecular formula is C20H25N3O4. The van der Waals surface area contributed by atoms with Gasteiger partial charge in [-0.05, 0) is 55.8 Å². The summed E-state index contributed by atoms with van der Waals surface area (Å²) in [6.45, 7) is 2.43. The first-order chi connectivity index (χ1) is 13.2. The van der Waals surface area contributed by atoms with Crippen LogP contribution in [0.1, 0.15) is 35.0 Å². The second-order valence-electron chi connectivity index (χ2n) is 6.50. The van der Waals surface area contributed by atoms with Crippen molar-refractivity contribution in [3.63, 3.8) is 0 Å². The van der Waals surface area contributed by atoms with Gasteiger partial charge in [0.25, 0.3) is 5.91 Å². The first-order valence-corrected chi connectivity index (χ1v) is 9.14. The summed E-state index contributed by atoms with van der Waals surface area (Å²) in [6.07, 6.45) is 3.75. The van der Waals surface area contributed by atoms with E-state index in [1.165, 1.54) is 19.1 Å². The molecule has 1 aliphatic heterocycles. The van der Waals surface area contributed by atoms with E-state index in [1.807, 2.05) is 24.3 Å². The summed E-state index contributed by atoms with van der Waals surface area (Å²) < 4.78 is 10.2. The van der Waals surface area contributed by atoms with Crippen LogP contribution in [0, 0.1) is 0 Å². The molecule has 0 radical (unpaired) electrons. The van der Waals surface area contributed by atoms with Gasteiger partial charge >= 0.3 is 0 Å². The summed E-state index contributed by atoms with van der Waals surface area (Å²) in [7, 11) is 1.64. The van der Waals surface area contributed by atoms with Crippen molar-refractivity contribution in [2.75, 3.05) is 33.3 Å². The monoisotopic (exact) mass is 371 g/mol. The van der Waals surface area contributed by atoms with E-state index in [0.29, 0.717) is 6.54 Å². The lowest BCUT2D eigenvalue weighted by atomic mass is 10.1. The molecule has 1 saturated heterocycles. The molecule has 27 heavy (non-hydrogen) atoms. The number of nitrogens with zero attached hydrogens (tertiary/aromatic N) is 1. The van der Waals surface area contributed by atoms with E-state index in [4.69, 9.17) is 9.15 Å². The molecule has 1 aromatic carbocycles. The number of methoxy groups -OCH3 is 1. The van der Waals surface area contributed by atoms with Crippen LogP contribution in [0.4, 0.5) is 0 Å². The Bertz CT molecular complexity index is 737. The van der Waals surface area contributed by atoms with Crippen molar-refractivity contribution >= 4 is 11.8 Å². The highest BCUT2D eigenvalue weighted by atomic mass is 16.5. The maximum atomic E-state index is 12.2. The number of hydrogen-bond donors (Lipinski definition) is 2. The summed E-state index contributed by atoms with van der Waals surface area (Å²) in [4.78, 5) is 26.4. The summed E-state index contributed by atoms with van der Waals surface area (Å²) in [5.41, 5.74) is 1.14. The summed E-state index contributed by atoms with van der Waals surface area (Å²) in [6, 6.07) is 11.2. The van der Waals surface area contributed by atoms with Gasteiger partial charge in [-0.3, -0.25) is 14.5 Å². The van der Waals surface area contributed by atoms with Gasteiger partial charge in [0.15, 0.2) is 5.76 Å². The van der Waals surface area contributed by atoms with Gasteiger partial charge in [0.05, 0.1) is 26.0 Å². The topological polar surface area (TPSA) is 83.8 Å². The molecule has 144 valence electrons. The molecule has 1 aliphatic rings. The first kappa shape index (κ1) is 19.0. The van der Waals surface area contributed by atoms with Crippen molar-refractivity contribution in [1.82, 2.24) is 15.5 Å². The van der Waals surface area contributed by atoms with Crippen molar-refractivity contribution < 1.29 is 18.7 Å². The van der Waals surface area contributed by atoms with Crippen LogP contribution >= 0.6 is 0 Å². The van der Waals surface area contributed by atoms with Crippen LogP contribution in [0.5, 0.6) is 5.75 Å². The lowest BCUT2D eigenvalue weighted by Crippen LogP contribution is -2.41. The SMILES string of the molecule is COc1ccc(C(CNC(=O)CNC(=O)c2ccco2)N2CCCC2)cc1. The van der Waals surface area contributed by atoms with Crippen molar-refractivity contribution in [3.05, 3.63) is 54.0 Å². The van der Waals surface area contributed by atoms with Crippen LogP contribution in [0.2, 0.25) is 0 Å². The number of carbonyl (C=O) groups excluding carboxylic acids is 2. The molecule has 2 amide bonds. The van der Waals surface area contributed by atoms with E-state index in [2.05, 4.69) is 15.5 Å². The van der Waals surface area contributed by atoms with E-state index in [0.717, 1.165) is 24.4 Å². The van der Waals surface area contributed by atoms with E-state index >= 15 is 0 Å². The minimum Gasteiger partial charge on any atom is -0.497 e. The van der Waals surface area contributed by atoms with E-state index in [1.54, 1.807) is 19.2 Å². The zero-order chi connectivity index (χ0) is 19.1. The molecule has 0 bridgehead atoms. The normalized spacial score (nSPS) is 15.3. The number of hydrogen-bond acceptors (Lipinski definition) is 5. The zero-order valence-electron chi connectivity index (χ0n) is 15.4. The Morgan fingerprint density at radius 1 is 1.15 bits per heavy atom. The minimum absolute atomic E-state index is 0.0884. The zero-order valence-corrected chi connectivity index (χ0v) is 15.4. The fourth-order valence-corrected chi connectivity index (χ4v) is 3.27. The van der Waals surface area contributed by atoms with E-state index in [-0.39, 0.29) is 24.3 Å².